The van der Waals surface area contributed by atoms with Crippen molar-refractivity contribution in [3.05, 3.63) is 68.5 Å². The van der Waals surface area contributed by atoms with E-state index in [0.717, 1.165) is 4.88 Å². The number of esters is 1. The summed E-state index contributed by atoms with van der Waals surface area (Å²) in [5.74, 6) is -0.440. The summed E-state index contributed by atoms with van der Waals surface area (Å²) in [6.07, 6.45) is 0. The third kappa shape index (κ3) is 5.28. The van der Waals surface area contributed by atoms with Gasteiger partial charge in [0.15, 0.2) is 0 Å². The lowest BCUT2D eigenvalue weighted by molar-refractivity contribution is -0.139. The highest BCUT2D eigenvalue weighted by atomic mass is 35.5. The van der Waals surface area contributed by atoms with Crippen molar-refractivity contribution in [3.63, 3.8) is 0 Å². The Hall–Kier alpha value is -2.88. The predicted octanol–water partition coefficient (Wildman–Crippen LogP) is 4.15. The first-order valence-electron chi connectivity index (χ1n) is 12.1. The van der Waals surface area contributed by atoms with Crippen molar-refractivity contribution in [2.24, 2.45) is 0 Å². The summed E-state index contributed by atoms with van der Waals surface area (Å²) in [7, 11) is 0. The number of rotatable bonds is 7. The molecule has 0 bridgehead atoms. The highest BCUT2D eigenvalue weighted by Crippen LogP contribution is 2.35. The molecule has 0 spiro atoms. The van der Waals surface area contributed by atoms with E-state index in [1.807, 2.05) is 54.5 Å². The van der Waals surface area contributed by atoms with Gasteiger partial charge in [-0.05, 0) is 43.8 Å². The monoisotopic (exact) mass is 530 g/mol. The van der Waals surface area contributed by atoms with Crippen molar-refractivity contribution in [2.75, 3.05) is 39.3 Å². The molecule has 3 amide bonds. The van der Waals surface area contributed by atoms with E-state index < -0.39 is 12.0 Å². The topological polar surface area (TPSA) is 82.2 Å². The van der Waals surface area contributed by atoms with Crippen LogP contribution in [0.15, 0.2) is 53.0 Å². The fourth-order valence-corrected chi connectivity index (χ4v) is 5.76. The predicted molar refractivity (Wildman–Crippen MR) is 140 cm³/mol. The van der Waals surface area contributed by atoms with Crippen LogP contribution in [0.5, 0.6) is 0 Å². The average Bonchev–Trinajstić information content (AvgIpc) is 3.39. The van der Waals surface area contributed by atoms with Crippen molar-refractivity contribution in [1.29, 1.82) is 0 Å². The van der Waals surface area contributed by atoms with Gasteiger partial charge in [0.25, 0.3) is 5.91 Å². The Bertz CT molecular complexity index is 1150. The van der Waals surface area contributed by atoms with Gasteiger partial charge in [-0.2, -0.15) is 0 Å². The minimum atomic E-state index is -0.720. The van der Waals surface area contributed by atoms with Crippen LogP contribution in [0.25, 0.3) is 0 Å². The fraction of sp³-hybridized carbons (Fsp3) is 0.423. The summed E-state index contributed by atoms with van der Waals surface area (Å²) in [6.45, 7) is 8.44. The highest BCUT2D eigenvalue weighted by molar-refractivity contribution is 7.12. The molecule has 2 aliphatic rings. The molecule has 0 radical (unpaired) electrons. The number of hydrogen-bond donors (Lipinski definition) is 1. The van der Waals surface area contributed by atoms with Gasteiger partial charge < -0.3 is 15.0 Å². The zero-order chi connectivity index (χ0) is 25.8. The van der Waals surface area contributed by atoms with Crippen LogP contribution in [0, 0.1) is 0 Å². The SMILES string of the molecule is CCOC(=O)C1=C(CN2CCN(C(=O)c3cccs3)[C@H](C)C2)N(CC)C(=O)N[C@@H]1c1ccccc1Cl. The first-order valence-corrected chi connectivity index (χ1v) is 13.4. The van der Waals surface area contributed by atoms with Crippen LogP contribution in [0.2, 0.25) is 5.02 Å². The van der Waals surface area contributed by atoms with Crippen molar-refractivity contribution >= 4 is 40.8 Å². The van der Waals surface area contributed by atoms with E-state index in [1.165, 1.54) is 11.3 Å². The summed E-state index contributed by atoms with van der Waals surface area (Å²) >= 11 is 7.92. The van der Waals surface area contributed by atoms with Gasteiger partial charge in [-0.1, -0.05) is 35.9 Å². The zero-order valence-electron chi connectivity index (χ0n) is 20.7. The van der Waals surface area contributed by atoms with E-state index in [9.17, 15) is 14.4 Å². The molecule has 4 rings (SSSR count). The molecule has 1 fully saturated rings. The van der Waals surface area contributed by atoms with E-state index in [2.05, 4.69) is 10.2 Å². The van der Waals surface area contributed by atoms with Crippen LogP contribution in [0.3, 0.4) is 0 Å². The molecule has 0 saturated carbocycles. The summed E-state index contributed by atoms with van der Waals surface area (Å²) in [5.41, 5.74) is 1.63. The molecule has 10 heteroatoms. The molecule has 1 aromatic heterocycles. The molecule has 2 aliphatic heterocycles. The number of benzene rings is 1. The third-order valence-corrected chi connectivity index (χ3v) is 7.75. The summed E-state index contributed by atoms with van der Waals surface area (Å²) in [4.78, 5) is 45.7. The van der Waals surface area contributed by atoms with Crippen LogP contribution in [0.1, 0.15) is 42.0 Å². The van der Waals surface area contributed by atoms with E-state index in [0.29, 0.717) is 54.6 Å². The maximum atomic E-state index is 13.3. The number of nitrogens with one attached hydrogen (secondary N) is 1. The number of hydrogen-bond acceptors (Lipinski definition) is 6. The number of halogens is 1. The lowest BCUT2D eigenvalue weighted by atomic mass is 9.94. The largest absolute Gasteiger partial charge is 0.463 e. The second-order valence-corrected chi connectivity index (χ2v) is 10.1. The standard InChI is InChI=1S/C26H31ClN4O4S/c1-4-30-20(16-29-12-13-31(17(3)15-29)24(32)21-11-8-14-36-21)22(25(33)35-5-2)23(28-26(30)34)18-9-6-7-10-19(18)27/h6-11,14,17,23H,4-5,12-13,15-16H2,1-3H3,(H,28,34)/t17-,23-/m1/s1. The molecule has 1 aromatic carbocycles. The Morgan fingerprint density at radius 3 is 2.58 bits per heavy atom. The number of likely N-dealkylation sites (N-methyl/N-ethyl adjacent to an activating group) is 1. The maximum absolute atomic E-state index is 13.3. The number of amides is 3. The molecule has 3 heterocycles. The summed E-state index contributed by atoms with van der Waals surface area (Å²) < 4.78 is 5.44. The molecule has 36 heavy (non-hydrogen) atoms. The van der Waals surface area contributed by atoms with E-state index >= 15 is 0 Å². The van der Waals surface area contributed by atoms with E-state index in [1.54, 1.807) is 17.9 Å². The van der Waals surface area contributed by atoms with Crippen LogP contribution in [-0.4, -0.2) is 78.0 Å². The Labute approximate surface area is 220 Å². The van der Waals surface area contributed by atoms with Crippen molar-refractivity contribution in [2.45, 2.75) is 32.9 Å². The van der Waals surface area contributed by atoms with Gasteiger partial charge in [-0.15, -0.1) is 11.3 Å². The van der Waals surface area contributed by atoms with Crippen molar-refractivity contribution < 1.29 is 19.1 Å². The van der Waals surface area contributed by atoms with Crippen LogP contribution >= 0.6 is 22.9 Å². The Balaban J connectivity index is 1.65. The number of carbonyl (C=O) groups excluding carboxylic acids is 3. The molecule has 2 aromatic rings. The van der Waals surface area contributed by atoms with E-state index in [-0.39, 0.29) is 24.6 Å². The number of nitrogens with zero attached hydrogens (tertiary/aromatic N) is 3. The summed E-state index contributed by atoms with van der Waals surface area (Å²) in [5, 5.41) is 5.32. The van der Waals surface area contributed by atoms with Gasteiger partial charge in [0, 0.05) is 49.5 Å². The molecular formula is C26H31ClN4O4S. The zero-order valence-corrected chi connectivity index (χ0v) is 22.3. The van der Waals surface area contributed by atoms with Crippen LogP contribution in [0.4, 0.5) is 4.79 Å². The molecular weight excluding hydrogens is 500 g/mol. The number of urea groups is 1. The van der Waals surface area contributed by atoms with Crippen molar-refractivity contribution in [1.82, 2.24) is 20.0 Å². The quantitative estimate of drug-likeness (QED) is 0.544. The lowest BCUT2D eigenvalue weighted by Gasteiger charge is -2.42. The second kappa shape index (κ2) is 11.5. The molecule has 2 atom stereocenters. The molecule has 8 nitrogen and oxygen atoms in total. The first kappa shape index (κ1) is 26.2. The normalized spacial score (nSPS) is 20.9. The third-order valence-electron chi connectivity index (χ3n) is 6.54. The molecule has 0 aliphatic carbocycles. The molecule has 192 valence electrons. The van der Waals surface area contributed by atoms with Gasteiger partial charge in [-0.3, -0.25) is 14.6 Å². The van der Waals surface area contributed by atoms with E-state index in [4.69, 9.17) is 16.3 Å². The van der Waals surface area contributed by atoms with Gasteiger partial charge in [0.05, 0.1) is 23.1 Å². The van der Waals surface area contributed by atoms with Gasteiger partial charge in [0.1, 0.15) is 0 Å². The van der Waals surface area contributed by atoms with Gasteiger partial charge >= 0.3 is 12.0 Å². The Kier molecular flexibility index (Phi) is 8.33. The number of carbonyl (C=O) groups is 3. The minimum absolute atomic E-state index is 0.0214. The minimum Gasteiger partial charge on any atom is -0.463 e. The number of ether oxygens (including phenoxy) is 1. The highest BCUT2D eigenvalue weighted by Gasteiger charge is 2.40. The molecule has 0 unspecified atom stereocenters. The van der Waals surface area contributed by atoms with Crippen LogP contribution in [-0.2, 0) is 9.53 Å². The Morgan fingerprint density at radius 1 is 1.17 bits per heavy atom. The van der Waals surface area contributed by atoms with Gasteiger partial charge in [0.2, 0.25) is 0 Å². The maximum Gasteiger partial charge on any atom is 0.338 e. The first-order chi connectivity index (χ1) is 17.3. The van der Waals surface area contributed by atoms with Crippen LogP contribution < -0.4 is 5.32 Å². The molecule has 1 saturated heterocycles. The van der Waals surface area contributed by atoms with Gasteiger partial charge in [-0.25, -0.2) is 9.59 Å². The lowest BCUT2D eigenvalue weighted by Crippen LogP contribution is -2.56. The fourth-order valence-electron chi connectivity index (χ4n) is 4.83. The number of thiophene rings is 1. The summed E-state index contributed by atoms with van der Waals surface area (Å²) in [6, 6.07) is 9.88. The second-order valence-electron chi connectivity index (χ2n) is 8.79. The Morgan fingerprint density at radius 2 is 1.94 bits per heavy atom. The number of piperazine rings is 1. The average molecular weight is 531 g/mol. The van der Waals surface area contributed by atoms with Crippen molar-refractivity contribution in [3.8, 4) is 0 Å². The smallest absolute Gasteiger partial charge is 0.338 e. The molecule has 1 N–H and O–H groups in total.